The number of thiophene rings is 1. The fraction of sp³-hybridized carbons (Fsp3) is 0.412. The molecule has 1 unspecified atom stereocenters. The molecule has 0 saturated heterocycles. The molecule has 108 valence electrons. The van der Waals surface area contributed by atoms with E-state index in [1.807, 2.05) is 11.4 Å². The predicted octanol–water partition coefficient (Wildman–Crippen LogP) is 4.49. The molecule has 1 heterocycles. The molecule has 1 aromatic heterocycles. The minimum absolute atomic E-state index is 0.122. The normalized spacial score (nSPS) is 13.2. The molecule has 0 aliphatic heterocycles. The number of rotatable bonds is 5. The zero-order valence-corrected chi connectivity index (χ0v) is 13.5. The van der Waals surface area contributed by atoms with Crippen LogP contribution >= 0.6 is 11.3 Å². The van der Waals surface area contributed by atoms with Gasteiger partial charge in [0.2, 0.25) is 0 Å². The lowest BCUT2D eigenvalue weighted by molar-refractivity contribution is 0.411. The van der Waals surface area contributed by atoms with Crippen LogP contribution in [0.2, 0.25) is 0 Å². The van der Waals surface area contributed by atoms with Crippen LogP contribution in [0.3, 0.4) is 0 Å². The average molecular weight is 289 g/mol. The third-order valence-corrected chi connectivity index (χ3v) is 5.08. The molecule has 1 atom stereocenters. The van der Waals surface area contributed by atoms with Crippen LogP contribution in [0.1, 0.15) is 49.2 Å². The van der Waals surface area contributed by atoms with Crippen molar-refractivity contribution in [2.45, 2.75) is 38.6 Å². The van der Waals surface area contributed by atoms with Crippen LogP contribution in [0.25, 0.3) is 0 Å². The van der Waals surface area contributed by atoms with Crippen molar-refractivity contribution in [1.29, 1.82) is 0 Å². The molecule has 2 rings (SSSR count). The Labute approximate surface area is 125 Å². The minimum atomic E-state index is -0.122. The molecule has 0 radical (unpaired) electrons. The van der Waals surface area contributed by atoms with Gasteiger partial charge in [-0.1, -0.05) is 45.0 Å². The summed E-state index contributed by atoms with van der Waals surface area (Å²) in [7, 11) is 1.69. The SMILES string of the molecule is CCC(C)(C)c1ccc(C(N)c2sccc2OC)cc1. The van der Waals surface area contributed by atoms with Gasteiger partial charge in [-0.05, 0) is 34.4 Å². The average Bonchev–Trinajstić information content (AvgIpc) is 2.95. The Kier molecular flexibility index (Phi) is 4.51. The maximum atomic E-state index is 6.36. The first-order valence-electron chi connectivity index (χ1n) is 6.97. The molecule has 2 N–H and O–H groups in total. The summed E-state index contributed by atoms with van der Waals surface area (Å²) in [6.45, 7) is 6.75. The predicted molar refractivity (Wildman–Crippen MR) is 86.7 cm³/mol. The van der Waals surface area contributed by atoms with Crippen LogP contribution in [0, 0.1) is 0 Å². The zero-order valence-electron chi connectivity index (χ0n) is 12.6. The van der Waals surface area contributed by atoms with Crippen molar-refractivity contribution in [1.82, 2.24) is 0 Å². The molecule has 2 aromatic rings. The Morgan fingerprint density at radius 2 is 1.85 bits per heavy atom. The lowest BCUT2D eigenvalue weighted by atomic mass is 9.82. The molecule has 0 fully saturated rings. The van der Waals surface area contributed by atoms with E-state index in [9.17, 15) is 0 Å². The first kappa shape index (κ1) is 15.1. The third-order valence-electron chi connectivity index (χ3n) is 4.09. The Bertz CT molecular complexity index is 557. The van der Waals surface area contributed by atoms with Crippen molar-refractivity contribution in [3.63, 3.8) is 0 Å². The van der Waals surface area contributed by atoms with Gasteiger partial charge in [0.15, 0.2) is 0 Å². The van der Waals surface area contributed by atoms with Crippen molar-refractivity contribution in [2.24, 2.45) is 5.73 Å². The van der Waals surface area contributed by atoms with Gasteiger partial charge >= 0.3 is 0 Å². The highest BCUT2D eigenvalue weighted by molar-refractivity contribution is 7.10. The molecular weight excluding hydrogens is 266 g/mol. The molecule has 0 spiro atoms. The molecule has 3 heteroatoms. The number of ether oxygens (including phenoxy) is 1. The second-order valence-corrected chi connectivity index (χ2v) is 6.64. The van der Waals surface area contributed by atoms with E-state index in [4.69, 9.17) is 10.5 Å². The molecule has 0 bridgehead atoms. The first-order valence-corrected chi connectivity index (χ1v) is 7.85. The van der Waals surface area contributed by atoms with E-state index in [0.717, 1.165) is 22.6 Å². The van der Waals surface area contributed by atoms with E-state index in [1.165, 1.54) is 5.56 Å². The molecule has 0 aliphatic rings. The van der Waals surface area contributed by atoms with Gasteiger partial charge in [0.25, 0.3) is 0 Å². The van der Waals surface area contributed by atoms with Crippen LogP contribution in [0.4, 0.5) is 0 Å². The van der Waals surface area contributed by atoms with Crippen molar-refractivity contribution in [2.75, 3.05) is 7.11 Å². The number of nitrogens with two attached hydrogens (primary N) is 1. The van der Waals surface area contributed by atoms with Crippen LogP contribution < -0.4 is 10.5 Å². The summed E-state index contributed by atoms with van der Waals surface area (Å²) in [6, 6.07) is 10.5. The van der Waals surface area contributed by atoms with Gasteiger partial charge in [-0.15, -0.1) is 11.3 Å². The van der Waals surface area contributed by atoms with Crippen LogP contribution in [-0.4, -0.2) is 7.11 Å². The number of hydrogen-bond acceptors (Lipinski definition) is 3. The Hall–Kier alpha value is -1.32. The highest BCUT2D eigenvalue weighted by atomic mass is 32.1. The second kappa shape index (κ2) is 5.98. The molecule has 0 amide bonds. The molecule has 1 aromatic carbocycles. The van der Waals surface area contributed by atoms with Crippen LogP contribution in [0.5, 0.6) is 5.75 Å². The molecular formula is C17H23NOS. The zero-order chi connectivity index (χ0) is 14.8. The number of methoxy groups -OCH3 is 1. The summed E-state index contributed by atoms with van der Waals surface area (Å²) < 4.78 is 5.35. The summed E-state index contributed by atoms with van der Waals surface area (Å²) in [5, 5.41) is 2.02. The van der Waals surface area contributed by atoms with Gasteiger partial charge in [-0.25, -0.2) is 0 Å². The van der Waals surface area contributed by atoms with E-state index in [2.05, 4.69) is 45.0 Å². The number of hydrogen-bond donors (Lipinski definition) is 1. The molecule has 0 saturated carbocycles. The maximum Gasteiger partial charge on any atom is 0.134 e. The summed E-state index contributed by atoms with van der Waals surface area (Å²) in [5.74, 6) is 0.875. The van der Waals surface area contributed by atoms with Crippen LogP contribution in [-0.2, 0) is 5.41 Å². The Morgan fingerprint density at radius 1 is 1.20 bits per heavy atom. The lowest BCUT2D eigenvalue weighted by Crippen LogP contribution is -2.16. The van der Waals surface area contributed by atoms with Gasteiger partial charge in [-0.3, -0.25) is 0 Å². The van der Waals surface area contributed by atoms with E-state index < -0.39 is 0 Å². The topological polar surface area (TPSA) is 35.2 Å². The Balaban J connectivity index is 2.26. The van der Waals surface area contributed by atoms with Crippen molar-refractivity contribution >= 4 is 11.3 Å². The van der Waals surface area contributed by atoms with E-state index in [-0.39, 0.29) is 11.5 Å². The number of benzene rings is 1. The molecule has 20 heavy (non-hydrogen) atoms. The quantitative estimate of drug-likeness (QED) is 0.880. The van der Waals surface area contributed by atoms with E-state index in [0.29, 0.717) is 0 Å². The molecule has 2 nitrogen and oxygen atoms in total. The van der Waals surface area contributed by atoms with E-state index >= 15 is 0 Å². The fourth-order valence-corrected chi connectivity index (χ4v) is 3.09. The third kappa shape index (κ3) is 2.89. The Morgan fingerprint density at radius 3 is 2.40 bits per heavy atom. The van der Waals surface area contributed by atoms with Gasteiger partial charge in [0.05, 0.1) is 18.0 Å². The van der Waals surface area contributed by atoms with E-state index in [1.54, 1.807) is 18.4 Å². The molecule has 0 aliphatic carbocycles. The monoisotopic (exact) mass is 289 g/mol. The van der Waals surface area contributed by atoms with Gasteiger partial charge in [0.1, 0.15) is 5.75 Å². The summed E-state index contributed by atoms with van der Waals surface area (Å²) in [6.07, 6.45) is 1.12. The highest BCUT2D eigenvalue weighted by Gasteiger charge is 2.19. The standard InChI is InChI=1S/C17H23NOS/c1-5-17(2,3)13-8-6-12(7-9-13)15(18)16-14(19-4)10-11-20-16/h6-11,15H,5,18H2,1-4H3. The van der Waals surface area contributed by atoms with Gasteiger partial charge in [0, 0.05) is 0 Å². The summed E-state index contributed by atoms with van der Waals surface area (Å²) in [4.78, 5) is 1.08. The van der Waals surface area contributed by atoms with Gasteiger partial charge < -0.3 is 10.5 Å². The van der Waals surface area contributed by atoms with Gasteiger partial charge in [-0.2, -0.15) is 0 Å². The largest absolute Gasteiger partial charge is 0.496 e. The van der Waals surface area contributed by atoms with Crippen molar-refractivity contribution < 1.29 is 4.74 Å². The minimum Gasteiger partial charge on any atom is -0.496 e. The second-order valence-electron chi connectivity index (χ2n) is 5.69. The fourth-order valence-electron chi connectivity index (χ4n) is 2.20. The highest BCUT2D eigenvalue weighted by Crippen LogP contribution is 2.34. The van der Waals surface area contributed by atoms with Crippen molar-refractivity contribution in [3.05, 3.63) is 51.7 Å². The van der Waals surface area contributed by atoms with Crippen molar-refractivity contribution in [3.8, 4) is 5.75 Å². The first-order chi connectivity index (χ1) is 9.49. The maximum absolute atomic E-state index is 6.36. The smallest absolute Gasteiger partial charge is 0.134 e. The summed E-state index contributed by atoms with van der Waals surface area (Å²) in [5.41, 5.74) is 9.05. The summed E-state index contributed by atoms with van der Waals surface area (Å²) >= 11 is 1.64. The van der Waals surface area contributed by atoms with Crippen LogP contribution in [0.15, 0.2) is 35.7 Å². The lowest BCUT2D eigenvalue weighted by Gasteiger charge is -2.24.